The van der Waals surface area contributed by atoms with Crippen LogP contribution in [-0.4, -0.2) is 12.2 Å². The van der Waals surface area contributed by atoms with Gasteiger partial charge in [0.2, 0.25) is 0 Å². The fourth-order valence-corrected chi connectivity index (χ4v) is 2.23. The summed E-state index contributed by atoms with van der Waals surface area (Å²) >= 11 is 0. The molecule has 19 heavy (non-hydrogen) atoms. The van der Waals surface area contributed by atoms with Crippen LogP contribution in [0.2, 0.25) is 0 Å². The summed E-state index contributed by atoms with van der Waals surface area (Å²) in [5, 5.41) is 9.80. The first-order valence-electron chi connectivity index (χ1n) is 6.27. The number of para-hydroxylation sites is 1. The maximum absolute atomic E-state index is 13.3. The number of hydrogen-bond acceptors (Lipinski definition) is 2. The van der Waals surface area contributed by atoms with Gasteiger partial charge in [-0.05, 0) is 43.7 Å². The van der Waals surface area contributed by atoms with Crippen molar-refractivity contribution in [1.29, 1.82) is 0 Å². The lowest BCUT2D eigenvalue weighted by Crippen LogP contribution is -2.14. The van der Waals surface area contributed by atoms with E-state index < -0.39 is 6.10 Å². The first kappa shape index (κ1) is 13.6. The molecule has 2 nitrogen and oxygen atoms in total. The van der Waals surface area contributed by atoms with Gasteiger partial charge in [0.05, 0.1) is 6.10 Å². The average molecular weight is 259 g/mol. The minimum atomic E-state index is -0.711. The number of halogens is 1. The molecule has 0 aliphatic rings. The molecule has 1 atom stereocenters. The summed E-state index contributed by atoms with van der Waals surface area (Å²) in [6.45, 7) is 3.67. The van der Waals surface area contributed by atoms with Crippen molar-refractivity contribution in [2.24, 2.45) is 0 Å². The highest BCUT2D eigenvalue weighted by atomic mass is 19.1. The summed E-state index contributed by atoms with van der Waals surface area (Å²) in [6.07, 6.45) is -0.711. The number of anilines is 2. The number of rotatable bonds is 3. The molecule has 2 aromatic carbocycles. The van der Waals surface area contributed by atoms with E-state index in [9.17, 15) is 9.50 Å². The normalized spacial score (nSPS) is 12.3. The molecule has 1 N–H and O–H groups in total. The number of aliphatic hydroxyl groups is 1. The second-order valence-electron chi connectivity index (χ2n) is 4.72. The molecule has 0 saturated carbocycles. The summed E-state index contributed by atoms with van der Waals surface area (Å²) in [6, 6.07) is 12.5. The van der Waals surface area contributed by atoms with Crippen molar-refractivity contribution in [3.05, 3.63) is 59.4 Å². The Kier molecular flexibility index (Phi) is 3.86. The predicted octanol–water partition coefficient (Wildman–Crippen LogP) is 3.96. The molecule has 0 aliphatic heterocycles. The third kappa shape index (κ3) is 2.76. The Morgan fingerprint density at radius 2 is 1.79 bits per heavy atom. The lowest BCUT2D eigenvalue weighted by Gasteiger charge is -2.25. The molecule has 2 aromatic rings. The van der Waals surface area contributed by atoms with Crippen LogP contribution in [0.15, 0.2) is 42.5 Å². The fourth-order valence-electron chi connectivity index (χ4n) is 2.23. The molecule has 3 heteroatoms. The quantitative estimate of drug-likeness (QED) is 0.902. The van der Waals surface area contributed by atoms with Gasteiger partial charge < -0.3 is 10.0 Å². The largest absolute Gasteiger partial charge is 0.389 e. The third-order valence-corrected chi connectivity index (χ3v) is 3.28. The highest BCUT2D eigenvalue weighted by molar-refractivity contribution is 5.68. The molecule has 2 rings (SSSR count). The maximum atomic E-state index is 13.3. The highest BCUT2D eigenvalue weighted by Crippen LogP contribution is 2.32. The second kappa shape index (κ2) is 5.41. The summed E-state index contributed by atoms with van der Waals surface area (Å²) in [7, 11) is 1.92. The topological polar surface area (TPSA) is 23.5 Å². The van der Waals surface area contributed by atoms with E-state index in [0.29, 0.717) is 5.56 Å². The van der Waals surface area contributed by atoms with Gasteiger partial charge in [-0.3, -0.25) is 0 Å². The van der Waals surface area contributed by atoms with Crippen LogP contribution in [0.25, 0.3) is 0 Å². The van der Waals surface area contributed by atoms with Crippen molar-refractivity contribution in [1.82, 2.24) is 0 Å². The van der Waals surface area contributed by atoms with Gasteiger partial charge in [0, 0.05) is 24.0 Å². The number of aryl methyl sites for hydroxylation is 1. The molecule has 0 aliphatic carbocycles. The van der Waals surface area contributed by atoms with Crippen molar-refractivity contribution in [3.8, 4) is 0 Å². The Morgan fingerprint density at radius 1 is 1.11 bits per heavy atom. The minimum Gasteiger partial charge on any atom is -0.389 e. The lowest BCUT2D eigenvalue weighted by atomic mass is 10.1. The van der Waals surface area contributed by atoms with Crippen LogP contribution < -0.4 is 4.90 Å². The molecule has 0 fully saturated rings. The summed E-state index contributed by atoms with van der Waals surface area (Å²) in [4.78, 5) is 1.97. The Bertz CT molecular complexity index is 581. The van der Waals surface area contributed by atoms with E-state index in [1.165, 1.54) is 12.1 Å². The molecule has 0 spiro atoms. The Morgan fingerprint density at radius 3 is 2.42 bits per heavy atom. The van der Waals surface area contributed by atoms with Crippen LogP contribution in [0.4, 0.5) is 15.8 Å². The van der Waals surface area contributed by atoms with Crippen LogP contribution in [0.5, 0.6) is 0 Å². The Hall–Kier alpha value is -1.87. The zero-order chi connectivity index (χ0) is 14.0. The van der Waals surface area contributed by atoms with Crippen LogP contribution in [0, 0.1) is 12.7 Å². The zero-order valence-corrected chi connectivity index (χ0v) is 11.4. The van der Waals surface area contributed by atoms with Gasteiger partial charge >= 0.3 is 0 Å². The monoisotopic (exact) mass is 259 g/mol. The van der Waals surface area contributed by atoms with Crippen molar-refractivity contribution in [2.75, 3.05) is 11.9 Å². The van der Waals surface area contributed by atoms with E-state index in [1.54, 1.807) is 13.0 Å². The summed E-state index contributed by atoms with van der Waals surface area (Å²) in [5.41, 5.74) is 3.57. The first-order valence-corrected chi connectivity index (χ1v) is 6.27. The Labute approximate surface area is 113 Å². The standard InChI is InChI=1S/C16H18FNO/c1-11-6-4-5-7-15(11)18(3)16-9-8-13(17)10-14(16)12(2)19/h4-10,12,19H,1-3H3/t12-/m0/s1. The van der Waals surface area contributed by atoms with Gasteiger partial charge in [-0.25, -0.2) is 4.39 Å². The maximum Gasteiger partial charge on any atom is 0.123 e. The van der Waals surface area contributed by atoms with Gasteiger partial charge in [-0.15, -0.1) is 0 Å². The summed E-state index contributed by atoms with van der Waals surface area (Å²) in [5.74, 6) is -0.335. The van der Waals surface area contributed by atoms with Gasteiger partial charge in [0.25, 0.3) is 0 Å². The zero-order valence-electron chi connectivity index (χ0n) is 11.4. The molecule has 0 bridgehead atoms. The molecular weight excluding hydrogens is 241 g/mol. The van der Waals surface area contributed by atoms with Gasteiger partial charge in [0.1, 0.15) is 5.82 Å². The van der Waals surface area contributed by atoms with Gasteiger partial charge in [-0.2, -0.15) is 0 Å². The van der Waals surface area contributed by atoms with E-state index in [2.05, 4.69) is 0 Å². The van der Waals surface area contributed by atoms with Crippen LogP contribution in [-0.2, 0) is 0 Å². The van der Waals surface area contributed by atoms with Crippen molar-refractivity contribution < 1.29 is 9.50 Å². The van der Waals surface area contributed by atoms with Crippen molar-refractivity contribution >= 4 is 11.4 Å². The number of aliphatic hydroxyl groups excluding tert-OH is 1. The van der Waals surface area contributed by atoms with Crippen LogP contribution in [0.1, 0.15) is 24.2 Å². The molecule has 0 unspecified atom stereocenters. The van der Waals surface area contributed by atoms with E-state index >= 15 is 0 Å². The smallest absolute Gasteiger partial charge is 0.123 e. The third-order valence-electron chi connectivity index (χ3n) is 3.28. The molecule has 0 aromatic heterocycles. The summed E-state index contributed by atoms with van der Waals surface area (Å²) < 4.78 is 13.3. The molecule has 0 saturated heterocycles. The number of benzene rings is 2. The highest BCUT2D eigenvalue weighted by Gasteiger charge is 2.14. The van der Waals surface area contributed by atoms with Gasteiger partial charge in [-0.1, -0.05) is 18.2 Å². The Balaban J connectivity index is 2.50. The van der Waals surface area contributed by atoms with Crippen molar-refractivity contribution in [3.63, 3.8) is 0 Å². The first-order chi connectivity index (χ1) is 9.00. The number of hydrogen-bond donors (Lipinski definition) is 1. The van der Waals surface area contributed by atoms with E-state index in [1.807, 2.05) is 43.1 Å². The van der Waals surface area contributed by atoms with Crippen LogP contribution in [0.3, 0.4) is 0 Å². The minimum absolute atomic E-state index is 0.335. The SMILES string of the molecule is Cc1ccccc1N(C)c1ccc(F)cc1[C@H](C)O. The molecular formula is C16H18FNO. The second-order valence-corrected chi connectivity index (χ2v) is 4.72. The molecule has 100 valence electrons. The molecule has 0 heterocycles. The fraction of sp³-hybridized carbons (Fsp3) is 0.250. The van der Waals surface area contributed by atoms with Crippen LogP contribution >= 0.6 is 0 Å². The lowest BCUT2D eigenvalue weighted by molar-refractivity contribution is 0.199. The van der Waals surface area contributed by atoms with Crippen molar-refractivity contribution in [2.45, 2.75) is 20.0 Å². The average Bonchev–Trinajstić information content (AvgIpc) is 2.38. The van der Waals surface area contributed by atoms with E-state index in [0.717, 1.165) is 16.9 Å². The predicted molar refractivity (Wildman–Crippen MR) is 76.3 cm³/mol. The molecule has 0 radical (unpaired) electrons. The molecule has 0 amide bonds. The van der Waals surface area contributed by atoms with Gasteiger partial charge in [0.15, 0.2) is 0 Å². The van der Waals surface area contributed by atoms with E-state index in [4.69, 9.17) is 0 Å². The van der Waals surface area contributed by atoms with E-state index in [-0.39, 0.29) is 5.82 Å². The number of nitrogens with zero attached hydrogens (tertiary/aromatic N) is 1.